The Morgan fingerprint density at radius 1 is 1.12 bits per heavy atom. The monoisotopic (exact) mass is 476 g/mol. The van der Waals surface area contributed by atoms with E-state index in [0.29, 0.717) is 34.5 Å². The Kier molecular flexibility index (Phi) is 7.49. The van der Waals surface area contributed by atoms with E-state index in [1.165, 1.54) is 0 Å². The van der Waals surface area contributed by atoms with Crippen molar-refractivity contribution in [3.8, 4) is 5.69 Å². The molecule has 0 spiro atoms. The molecule has 0 atom stereocenters. The molecule has 0 fully saturated rings. The number of allylic oxidation sites excluding steroid dienone is 1. The maximum atomic E-state index is 13.2. The highest BCUT2D eigenvalue weighted by atomic mass is 35.5. The van der Waals surface area contributed by atoms with Gasteiger partial charge in [-0.3, -0.25) is 4.79 Å². The Morgan fingerprint density at radius 3 is 2.47 bits per heavy atom. The summed E-state index contributed by atoms with van der Waals surface area (Å²) in [6, 6.07) is 7.39. The van der Waals surface area contributed by atoms with Crippen molar-refractivity contribution in [1.29, 1.82) is 0 Å². The third-order valence-electron chi connectivity index (χ3n) is 5.44. The molecule has 0 N–H and O–H groups in total. The number of nitrogens with zero attached hydrogens (tertiary/aromatic N) is 2. The van der Waals surface area contributed by atoms with Crippen LogP contribution < -0.4 is 0 Å². The lowest BCUT2D eigenvalue weighted by Crippen LogP contribution is -2.28. The maximum absolute atomic E-state index is 13.2. The smallest absolute Gasteiger partial charge is 0.340 e. The standard InChI is InChI=1S/C24H26Cl2N2O4/c1-6-32-24(30)22-16(4)27(9-10-31-5)23(29)19(22)12-17-11-14(2)28(15(17)3)18-7-8-20(25)21(26)13-18/h7-8,11-13H,6,9-10H2,1-5H3/b19-12+. The molecule has 3 rings (SSSR count). The van der Waals surface area contributed by atoms with Gasteiger partial charge in [0, 0.05) is 36.4 Å². The average Bonchev–Trinajstić information content (AvgIpc) is 3.15. The van der Waals surface area contributed by atoms with Crippen LogP contribution in [0, 0.1) is 13.8 Å². The van der Waals surface area contributed by atoms with E-state index in [1.807, 2.05) is 30.5 Å². The molecular formula is C24H26Cl2N2O4. The number of rotatable bonds is 7. The van der Waals surface area contributed by atoms with Gasteiger partial charge in [0.15, 0.2) is 0 Å². The molecule has 1 amide bonds. The Bertz CT molecular complexity index is 1130. The Hall–Kier alpha value is -2.54. The lowest BCUT2D eigenvalue weighted by atomic mass is 10.0. The van der Waals surface area contributed by atoms with Gasteiger partial charge in [0.2, 0.25) is 0 Å². The van der Waals surface area contributed by atoms with Crippen molar-refractivity contribution in [3.63, 3.8) is 0 Å². The van der Waals surface area contributed by atoms with Crippen LogP contribution in [0.3, 0.4) is 0 Å². The first-order valence-corrected chi connectivity index (χ1v) is 11.0. The second kappa shape index (κ2) is 9.94. The molecule has 8 heteroatoms. The first-order chi connectivity index (χ1) is 15.2. The van der Waals surface area contributed by atoms with Gasteiger partial charge in [-0.2, -0.15) is 0 Å². The second-order valence-electron chi connectivity index (χ2n) is 7.45. The molecule has 170 valence electrons. The van der Waals surface area contributed by atoms with Gasteiger partial charge in [-0.15, -0.1) is 0 Å². The Balaban J connectivity index is 2.10. The molecule has 1 aliphatic rings. The molecular weight excluding hydrogens is 451 g/mol. The third kappa shape index (κ3) is 4.49. The fourth-order valence-electron chi connectivity index (χ4n) is 3.89. The fourth-order valence-corrected chi connectivity index (χ4v) is 4.18. The summed E-state index contributed by atoms with van der Waals surface area (Å²) in [5.74, 6) is -0.759. The van der Waals surface area contributed by atoms with E-state index >= 15 is 0 Å². The lowest BCUT2D eigenvalue weighted by Gasteiger charge is -2.16. The van der Waals surface area contributed by atoms with Crippen molar-refractivity contribution in [3.05, 3.63) is 68.1 Å². The average molecular weight is 477 g/mol. The molecule has 1 aromatic carbocycles. The van der Waals surface area contributed by atoms with Crippen molar-refractivity contribution in [2.45, 2.75) is 27.7 Å². The van der Waals surface area contributed by atoms with Gasteiger partial charge < -0.3 is 18.9 Å². The highest BCUT2D eigenvalue weighted by molar-refractivity contribution is 6.42. The van der Waals surface area contributed by atoms with Crippen molar-refractivity contribution in [2.75, 3.05) is 26.9 Å². The van der Waals surface area contributed by atoms with E-state index in [-0.39, 0.29) is 18.1 Å². The van der Waals surface area contributed by atoms with Gasteiger partial charge in [-0.25, -0.2) is 4.79 Å². The van der Waals surface area contributed by atoms with Gasteiger partial charge in [-0.1, -0.05) is 23.2 Å². The number of esters is 1. The zero-order valence-electron chi connectivity index (χ0n) is 18.8. The molecule has 32 heavy (non-hydrogen) atoms. The van der Waals surface area contributed by atoms with Gasteiger partial charge in [0.05, 0.1) is 34.4 Å². The van der Waals surface area contributed by atoms with E-state index in [1.54, 1.807) is 44.1 Å². The number of hydrogen-bond acceptors (Lipinski definition) is 4. The highest BCUT2D eigenvalue weighted by Crippen LogP contribution is 2.34. The number of ether oxygens (including phenoxy) is 2. The zero-order valence-corrected chi connectivity index (χ0v) is 20.3. The summed E-state index contributed by atoms with van der Waals surface area (Å²) < 4.78 is 12.4. The van der Waals surface area contributed by atoms with Crippen LogP contribution in [0.2, 0.25) is 10.0 Å². The number of amides is 1. The second-order valence-corrected chi connectivity index (χ2v) is 8.26. The number of benzene rings is 1. The predicted molar refractivity (Wildman–Crippen MR) is 126 cm³/mol. The largest absolute Gasteiger partial charge is 0.462 e. The normalized spacial score (nSPS) is 15.3. The first kappa shape index (κ1) is 24.1. The van der Waals surface area contributed by atoms with Gasteiger partial charge in [-0.05, 0) is 63.6 Å². The molecule has 6 nitrogen and oxygen atoms in total. The van der Waals surface area contributed by atoms with Crippen LogP contribution in [0.5, 0.6) is 0 Å². The van der Waals surface area contributed by atoms with Gasteiger partial charge >= 0.3 is 5.97 Å². The first-order valence-electron chi connectivity index (χ1n) is 10.3. The number of carbonyl (C=O) groups excluding carboxylic acids is 2. The Labute approximate surface area is 198 Å². The quantitative estimate of drug-likeness (QED) is 0.411. The van der Waals surface area contributed by atoms with Crippen LogP contribution in [-0.2, 0) is 19.1 Å². The van der Waals surface area contributed by atoms with E-state index in [0.717, 1.165) is 22.6 Å². The summed E-state index contributed by atoms with van der Waals surface area (Å²) in [5.41, 5.74) is 4.69. The number of hydrogen-bond donors (Lipinski definition) is 0. The van der Waals surface area contributed by atoms with E-state index in [4.69, 9.17) is 32.7 Å². The minimum Gasteiger partial charge on any atom is -0.462 e. The minimum atomic E-state index is -0.511. The van der Waals surface area contributed by atoms with Crippen LogP contribution in [-0.4, -0.2) is 48.2 Å². The van der Waals surface area contributed by atoms with Crippen LogP contribution >= 0.6 is 23.2 Å². The van der Waals surface area contributed by atoms with E-state index < -0.39 is 5.97 Å². The van der Waals surface area contributed by atoms with Crippen molar-refractivity contribution in [1.82, 2.24) is 9.47 Å². The number of halogens is 2. The molecule has 1 aliphatic heterocycles. The topological polar surface area (TPSA) is 60.8 Å². The highest BCUT2D eigenvalue weighted by Gasteiger charge is 2.37. The molecule has 0 aliphatic carbocycles. The van der Waals surface area contributed by atoms with Crippen molar-refractivity contribution < 1.29 is 19.1 Å². The molecule has 2 aromatic rings. The number of carbonyl (C=O) groups is 2. The maximum Gasteiger partial charge on any atom is 0.340 e. The SMILES string of the molecule is CCOC(=O)C1=C(C)N(CCOC)C(=O)/C1=C/c1cc(C)n(-c2ccc(Cl)c(Cl)c2)c1C. The van der Waals surface area contributed by atoms with Gasteiger partial charge in [0.25, 0.3) is 5.91 Å². The van der Waals surface area contributed by atoms with Crippen molar-refractivity contribution >= 4 is 41.2 Å². The molecule has 1 aromatic heterocycles. The summed E-state index contributed by atoms with van der Waals surface area (Å²) in [4.78, 5) is 27.5. The molecule has 0 bridgehead atoms. The number of aryl methyl sites for hydroxylation is 1. The number of aromatic nitrogens is 1. The van der Waals surface area contributed by atoms with Crippen molar-refractivity contribution in [2.24, 2.45) is 0 Å². The number of methoxy groups -OCH3 is 1. The zero-order chi connectivity index (χ0) is 23.6. The van der Waals surface area contributed by atoms with Gasteiger partial charge in [0.1, 0.15) is 0 Å². The Morgan fingerprint density at radius 2 is 1.84 bits per heavy atom. The summed E-state index contributed by atoms with van der Waals surface area (Å²) in [6.07, 6.45) is 1.75. The fraction of sp³-hybridized carbons (Fsp3) is 0.333. The molecule has 0 unspecified atom stereocenters. The van der Waals surface area contributed by atoms with Crippen LogP contribution in [0.25, 0.3) is 11.8 Å². The summed E-state index contributed by atoms with van der Waals surface area (Å²) in [6.45, 7) is 8.33. The molecule has 0 saturated carbocycles. The minimum absolute atomic E-state index is 0.223. The summed E-state index contributed by atoms with van der Waals surface area (Å²) in [7, 11) is 1.57. The molecule has 0 saturated heterocycles. The predicted octanol–water partition coefficient (Wildman–Crippen LogP) is 5.11. The van der Waals surface area contributed by atoms with E-state index in [9.17, 15) is 9.59 Å². The summed E-state index contributed by atoms with van der Waals surface area (Å²) in [5, 5.41) is 0.937. The van der Waals surface area contributed by atoms with Crippen LogP contribution in [0.1, 0.15) is 30.8 Å². The van der Waals surface area contributed by atoms with Crippen LogP contribution in [0.4, 0.5) is 0 Å². The summed E-state index contributed by atoms with van der Waals surface area (Å²) >= 11 is 12.3. The molecule has 0 radical (unpaired) electrons. The third-order valence-corrected chi connectivity index (χ3v) is 6.18. The lowest BCUT2D eigenvalue weighted by molar-refractivity contribution is -0.138. The van der Waals surface area contributed by atoms with Crippen LogP contribution in [0.15, 0.2) is 41.1 Å². The van der Waals surface area contributed by atoms with E-state index in [2.05, 4.69) is 0 Å². The molecule has 2 heterocycles.